The summed E-state index contributed by atoms with van der Waals surface area (Å²) in [5, 5.41) is 94.8. The van der Waals surface area contributed by atoms with E-state index in [1.807, 2.05) is 13.8 Å². The standard InChI is InChI=1S/C44H64O19/c1-18(46)59-24-16-39(2,38(57)58)15-20-19-14-21(47)33-41(4)10-9-23(42(5,17-45)22(41)8-11-44(33,7)43(19,6)13-12-40(20,24)3)60-37-32(28(51)27(50)31(62-37)35(55)56)63-36-29(52)25(48)26(49)30(61-36)34(53)54/h14,20,22-33,36-37,45,48-52H,8-13,15-17H2,1-7H3,(H,53,54)(H,55,56)(H,57,58)/t20-,22-,23+,24-,25+,26+,27+,28+,29-,30+,31+,32-,33-,36+,37-,39-,40-,41+,42-,43-,44-/m1/s1. The van der Waals surface area contributed by atoms with E-state index in [1.54, 1.807) is 19.9 Å². The molecule has 7 aliphatic rings. The van der Waals surface area contributed by atoms with E-state index in [1.165, 1.54) is 6.92 Å². The van der Waals surface area contributed by atoms with Crippen LogP contribution in [0.2, 0.25) is 0 Å². The number of aliphatic carboxylic acids is 3. The highest BCUT2D eigenvalue weighted by molar-refractivity contribution is 5.95. The van der Waals surface area contributed by atoms with Crippen molar-refractivity contribution in [2.45, 2.75) is 173 Å². The summed E-state index contributed by atoms with van der Waals surface area (Å²) in [5.74, 6) is -6.31. The zero-order chi connectivity index (χ0) is 46.7. The van der Waals surface area contributed by atoms with Crippen LogP contribution in [0.5, 0.6) is 0 Å². The molecule has 5 aliphatic carbocycles. The molecular weight excluding hydrogens is 832 g/mol. The van der Waals surface area contributed by atoms with Crippen LogP contribution in [0.1, 0.15) is 99.8 Å². The lowest BCUT2D eigenvalue weighted by Crippen LogP contribution is -2.69. The first-order chi connectivity index (χ1) is 29.1. The van der Waals surface area contributed by atoms with Crippen LogP contribution in [0.15, 0.2) is 11.6 Å². The summed E-state index contributed by atoms with van der Waals surface area (Å²) in [5.41, 5.74) is -4.05. The Bertz CT molecular complexity index is 1910. The molecule has 19 nitrogen and oxygen atoms in total. The van der Waals surface area contributed by atoms with Gasteiger partial charge in [-0.3, -0.25) is 14.4 Å². The van der Waals surface area contributed by atoms with Gasteiger partial charge in [0.2, 0.25) is 0 Å². The molecule has 0 aromatic rings. The maximum atomic E-state index is 15.0. The average Bonchev–Trinajstić information content (AvgIpc) is 3.19. The van der Waals surface area contributed by atoms with Crippen LogP contribution in [0.25, 0.3) is 0 Å². The highest BCUT2D eigenvalue weighted by atomic mass is 16.8. The molecule has 0 bridgehead atoms. The first-order valence-corrected chi connectivity index (χ1v) is 21.9. The average molecular weight is 897 g/mol. The molecule has 63 heavy (non-hydrogen) atoms. The normalized spacial score (nSPS) is 51.9. The van der Waals surface area contributed by atoms with Gasteiger partial charge in [0.25, 0.3) is 0 Å². The van der Waals surface area contributed by atoms with Crippen molar-refractivity contribution in [3.63, 3.8) is 0 Å². The molecule has 6 fully saturated rings. The van der Waals surface area contributed by atoms with Crippen LogP contribution in [-0.2, 0) is 47.7 Å². The third-order valence-electron chi connectivity index (χ3n) is 17.7. The summed E-state index contributed by atoms with van der Waals surface area (Å²) in [4.78, 5) is 64.3. The predicted octanol–water partition coefficient (Wildman–Crippen LogP) is 0.760. The number of ketones is 1. The van der Waals surface area contributed by atoms with Crippen molar-refractivity contribution in [2.24, 2.45) is 50.2 Å². The minimum Gasteiger partial charge on any atom is -0.481 e. The number of carboxylic acids is 3. The van der Waals surface area contributed by atoms with Gasteiger partial charge in [-0.05, 0) is 86.0 Å². The number of carbonyl (C=O) groups is 5. The molecule has 19 heteroatoms. The van der Waals surface area contributed by atoms with Gasteiger partial charge in [0.05, 0.1) is 18.1 Å². The zero-order valence-corrected chi connectivity index (χ0v) is 36.7. The summed E-state index contributed by atoms with van der Waals surface area (Å²) in [7, 11) is 0. The number of aliphatic hydroxyl groups excluding tert-OH is 6. The van der Waals surface area contributed by atoms with E-state index in [-0.39, 0.29) is 31.0 Å². The first-order valence-electron chi connectivity index (χ1n) is 21.9. The number of carboxylic acid groups (broad SMARTS) is 3. The number of allylic oxidation sites excluding steroid dienone is 2. The van der Waals surface area contributed by atoms with Crippen LogP contribution in [0, 0.1) is 50.2 Å². The third-order valence-corrected chi connectivity index (χ3v) is 17.7. The van der Waals surface area contributed by atoms with E-state index >= 15 is 4.79 Å². The van der Waals surface area contributed by atoms with E-state index in [9.17, 15) is 65.1 Å². The molecule has 0 amide bonds. The fraction of sp³-hybridized carbons (Fsp3) is 0.841. The molecule has 9 N–H and O–H groups in total. The number of esters is 1. The molecule has 2 saturated heterocycles. The van der Waals surface area contributed by atoms with Crippen LogP contribution >= 0.6 is 0 Å². The van der Waals surface area contributed by atoms with Crippen molar-refractivity contribution in [2.75, 3.05) is 6.61 Å². The molecule has 354 valence electrons. The number of carbonyl (C=O) groups excluding carboxylic acids is 2. The Balaban J connectivity index is 1.21. The largest absolute Gasteiger partial charge is 0.481 e. The number of hydrogen-bond acceptors (Lipinski definition) is 16. The minimum atomic E-state index is -2.12. The van der Waals surface area contributed by atoms with Crippen LogP contribution in [-0.4, -0.2) is 156 Å². The van der Waals surface area contributed by atoms with Gasteiger partial charge in [0.15, 0.2) is 30.6 Å². The summed E-state index contributed by atoms with van der Waals surface area (Å²) < 4.78 is 29.1. The Kier molecular flexibility index (Phi) is 12.2. The van der Waals surface area contributed by atoms with Crippen molar-refractivity contribution >= 4 is 29.7 Å². The van der Waals surface area contributed by atoms with E-state index < -0.39 is 148 Å². The second kappa shape index (κ2) is 16.0. The molecule has 0 spiro atoms. The Morgan fingerprint density at radius 2 is 1.32 bits per heavy atom. The predicted molar refractivity (Wildman–Crippen MR) is 212 cm³/mol. The van der Waals surface area contributed by atoms with Crippen LogP contribution in [0.4, 0.5) is 0 Å². The number of rotatable bonds is 9. The topological polar surface area (TPSA) is 314 Å². The number of ether oxygens (including phenoxy) is 5. The molecule has 7 rings (SSSR count). The van der Waals surface area contributed by atoms with Gasteiger partial charge in [-0.2, -0.15) is 0 Å². The van der Waals surface area contributed by atoms with Gasteiger partial charge < -0.3 is 69.6 Å². The highest BCUT2D eigenvalue weighted by Gasteiger charge is 2.72. The molecule has 0 radical (unpaired) electrons. The van der Waals surface area contributed by atoms with Gasteiger partial charge in [-0.15, -0.1) is 0 Å². The Hall–Kier alpha value is -3.11. The monoisotopic (exact) mass is 896 g/mol. The summed E-state index contributed by atoms with van der Waals surface area (Å²) in [6.45, 7) is 12.7. The van der Waals surface area contributed by atoms with Crippen molar-refractivity contribution in [3.8, 4) is 0 Å². The lowest BCUT2D eigenvalue weighted by Gasteiger charge is -2.71. The van der Waals surface area contributed by atoms with Crippen molar-refractivity contribution in [1.29, 1.82) is 0 Å². The zero-order valence-electron chi connectivity index (χ0n) is 36.7. The summed E-state index contributed by atoms with van der Waals surface area (Å²) in [6.07, 6.45) is -17.0. The maximum absolute atomic E-state index is 15.0. The molecular formula is C44H64O19. The second-order valence-corrected chi connectivity index (χ2v) is 21.1. The van der Waals surface area contributed by atoms with Crippen LogP contribution < -0.4 is 0 Å². The summed E-state index contributed by atoms with van der Waals surface area (Å²) >= 11 is 0. The number of aliphatic hydroxyl groups is 6. The Labute approximate surface area is 364 Å². The first kappa shape index (κ1) is 47.8. The fourth-order valence-electron chi connectivity index (χ4n) is 13.8. The highest BCUT2D eigenvalue weighted by Crippen LogP contribution is 2.75. The van der Waals surface area contributed by atoms with Gasteiger partial charge >= 0.3 is 23.9 Å². The van der Waals surface area contributed by atoms with Gasteiger partial charge in [-0.1, -0.05) is 40.2 Å². The van der Waals surface area contributed by atoms with Gasteiger partial charge in [0.1, 0.15) is 42.7 Å². The number of hydrogen-bond donors (Lipinski definition) is 9. The fourth-order valence-corrected chi connectivity index (χ4v) is 13.8. The third kappa shape index (κ3) is 7.10. The Morgan fingerprint density at radius 3 is 1.89 bits per heavy atom. The smallest absolute Gasteiger partial charge is 0.335 e. The van der Waals surface area contributed by atoms with Crippen LogP contribution in [0.3, 0.4) is 0 Å². The molecule has 0 aromatic heterocycles. The van der Waals surface area contributed by atoms with Crippen molar-refractivity contribution in [3.05, 3.63) is 11.6 Å². The lowest BCUT2D eigenvalue weighted by molar-refractivity contribution is -0.372. The van der Waals surface area contributed by atoms with E-state index in [2.05, 4.69) is 13.8 Å². The molecule has 2 heterocycles. The lowest BCUT2D eigenvalue weighted by atomic mass is 9.33. The molecule has 4 saturated carbocycles. The van der Waals surface area contributed by atoms with E-state index in [4.69, 9.17) is 23.7 Å². The molecule has 0 unspecified atom stereocenters. The van der Waals surface area contributed by atoms with Gasteiger partial charge in [-0.25, -0.2) is 9.59 Å². The summed E-state index contributed by atoms with van der Waals surface area (Å²) in [6, 6.07) is 0. The maximum Gasteiger partial charge on any atom is 0.335 e. The van der Waals surface area contributed by atoms with E-state index in [0.717, 1.165) is 5.57 Å². The SMILES string of the molecule is CC(=O)O[C@@H]1C[C@](C)(C(=O)O)C[C@@H]2C3=CC(=O)[C@@H]4[C@@]5(C)CC[C@H](O[C@@H]6O[C@H](C(=O)O)[C@@H](O)[C@H](O)[C@H]6O[C@@H]6O[C@H](C(=O)O)[C@@H](O)[C@H](O)[C@H]6O)[C@](C)(CO)[C@@H]5CC[C@@]4(C)[C@]3(C)CC[C@]21C. The number of fused-ring (bicyclic) bond motifs is 7. The second-order valence-electron chi connectivity index (χ2n) is 21.1. The quantitative estimate of drug-likeness (QED) is 0.114. The Morgan fingerprint density at radius 1 is 0.714 bits per heavy atom. The molecule has 0 aromatic carbocycles. The van der Waals surface area contributed by atoms with Crippen molar-refractivity contribution in [1.82, 2.24) is 0 Å². The molecule has 21 atom stereocenters. The van der Waals surface area contributed by atoms with Crippen molar-refractivity contribution < 1.29 is 93.6 Å². The minimum absolute atomic E-state index is 0.115. The molecule has 2 aliphatic heterocycles. The van der Waals surface area contributed by atoms with E-state index in [0.29, 0.717) is 32.1 Å². The van der Waals surface area contributed by atoms with Gasteiger partial charge in [0, 0.05) is 30.1 Å².